The SMILES string of the molecule is COc1cccc(OC)c1C(C=C(N)C(=O)NCC1CC2CC(CC(=O)OC(C)(C)C)CC(C1)C2)=Nc1ccc(SCCCO)cc1C(C)C. The molecule has 4 rings (SSSR count). The Morgan fingerprint density at radius 1 is 1.02 bits per heavy atom. The second kappa shape index (κ2) is 18.1. The van der Waals surface area contributed by atoms with Crippen molar-refractivity contribution in [2.75, 3.05) is 33.1 Å². The number of ether oxygens (including phenoxy) is 3. The van der Waals surface area contributed by atoms with Crippen LogP contribution in [0.2, 0.25) is 0 Å². The first kappa shape index (κ1) is 39.3. The van der Waals surface area contributed by atoms with Crippen molar-refractivity contribution in [1.29, 1.82) is 0 Å². The highest BCUT2D eigenvalue weighted by atomic mass is 32.2. The molecule has 2 atom stereocenters. The minimum atomic E-state index is -0.462. The Balaban J connectivity index is 1.52. The Hall–Kier alpha value is -3.50. The van der Waals surface area contributed by atoms with Crippen LogP contribution in [0.4, 0.5) is 5.69 Å². The average molecular weight is 708 g/mol. The molecule has 50 heavy (non-hydrogen) atoms. The Morgan fingerprint density at radius 2 is 1.66 bits per heavy atom. The number of rotatable bonds is 15. The molecule has 274 valence electrons. The Morgan fingerprint density at radius 3 is 2.24 bits per heavy atom. The smallest absolute Gasteiger partial charge is 0.306 e. The lowest BCUT2D eigenvalue weighted by Crippen LogP contribution is -2.39. The molecule has 0 heterocycles. The van der Waals surface area contributed by atoms with Crippen molar-refractivity contribution >= 4 is 35.0 Å². The van der Waals surface area contributed by atoms with E-state index in [0.717, 1.165) is 54.0 Å². The average Bonchev–Trinajstić information content (AvgIpc) is 3.05. The number of aliphatic imine (C=N–C) groups is 1. The second-order valence-corrected chi connectivity index (χ2v) is 16.2. The number of carbonyl (C=O) groups is 2. The Kier molecular flexibility index (Phi) is 14.2. The van der Waals surface area contributed by atoms with E-state index in [1.165, 1.54) is 6.42 Å². The highest BCUT2D eigenvalue weighted by Crippen LogP contribution is 2.46. The van der Waals surface area contributed by atoms with E-state index in [0.29, 0.717) is 59.4 Å². The van der Waals surface area contributed by atoms with Crippen LogP contribution in [0.3, 0.4) is 0 Å². The van der Waals surface area contributed by atoms with Gasteiger partial charge in [-0.3, -0.25) is 9.59 Å². The molecule has 2 aromatic carbocycles. The minimum Gasteiger partial charge on any atom is -0.496 e. The maximum absolute atomic E-state index is 13.5. The summed E-state index contributed by atoms with van der Waals surface area (Å²) < 4.78 is 17.1. The predicted octanol–water partition coefficient (Wildman–Crippen LogP) is 7.56. The molecule has 0 aromatic heterocycles. The van der Waals surface area contributed by atoms with Crippen LogP contribution in [0, 0.1) is 23.7 Å². The van der Waals surface area contributed by atoms with Crippen LogP contribution < -0.4 is 20.5 Å². The fraction of sp³-hybridized carbons (Fsp3) is 0.575. The molecule has 0 saturated heterocycles. The number of amides is 1. The molecule has 0 aliphatic heterocycles. The zero-order chi connectivity index (χ0) is 36.4. The van der Waals surface area contributed by atoms with E-state index in [9.17, 15) is 14.7 Å². The molecule has 2 saturated carbocycles. The summed E-state index contributed by atoms with van der Waals surface area (Å²) >= 11 is 1.70. The molecule has 0 radical (unpaired) electrons. The van der Waals surface area contributed by atoms with Crippen molar-refractivity contribution in [3.8, 4) is 11.5 Å². The maximum Gasteiger partial charge on any atom is 0.306 e. The number of aliphatic hydroxyl groups is 1. The summed E-state index contributed by atoms with van der Waals surface area (Å²) in [7, 11) is 3.18. The number of nitrogens with one attached hydrogen (secondary N) is 1. The van der Waals surface area contributed by atoms with E-state index in [-0.39, 0.29) is 30.1 Å². The number of hydrogen-bond acceptors (Lipinski definition) is 9. The molecule has 0 spiro atoms. The number of hydrogen-bond donors (Lipinski definition) is 3. The largest absolute Gasteiger partial charge is 0.496 e. The molecule has 2 fully saturated rings. The Labute approximate surface area is 302 Å². The molecular formula is C40H57N3O6S. The van der Waals surface area contributed by atoms with Gasteiger partial charge in [-0.1, -0.05) is 19.9 Å². The fourth-order valence-corrected chi connectivity index (χ4v) is 8.35. The van der Waals surface area contributed by atoms with Gasteiger partial charge < -0.3 is 30.4 Å². The van der Waals surface area contributed by atoms with Gasteiger partial charge in [-0.15, -0.1) is 11.8 Å². The lowest BCUT2D eigenvalue weighted by Gasteiger charge is -2.42. The third-order valence-corrected chi connectivity index (χ3v) is 10.5. The van der Waals surface area contributed by atoms with E-state index < -0.39 is 5.60 Å². The minimum absolute atomic E-state index is 0.0485. The van der Waals surface area contributed by atoms with E-state index in [1.807, 2.05) is 51.1 Å². The summed E-state index contributed by atoms with van der Waals surface area (Å²) in [5.41, 5.74) is 8.98. The molecule has 2 aromatic rings. The van der Waals surface area contributed by atoms with E-state index in [4.69, 9.17) is 24.9 Å². The van der Waals surface area contributed by atoms with Gasteiger partial charge in [0.15, 0.2) is 0 Å². The van der Waals surface area contributed by atoms with Crippen molar-refractivity contribution in [3.05, 3.63) is 59.3 Å². The standard InChI is InChI=1S/C40H57N3O6S/c1-25(2)31-22-30(50-15-9-14-44)12-13-33(31)43-34(38-35(47-6)10-8-11-36(38)48-7)23-32(41)39(46)42-24-29-19-26-16-27(20-29)18-28(17-26)21-37(45)49-40(3,4)5/h8,10-13,22-23,25-29,44H,9,14-21,24,41H2,1-7H3,(H,42,46). The number of aliphatic hydroxyl groups excluding tert-OH is 1. The van der Waals surface area contributed by atoms with Gasteiger partial charge in [0.25, 0.3) is 5.91 Å². The van der Waals surface area contributed by atoms with Gasteiger partial charge in [0.1, 0.15) is 17.1 Å². The highest BCUT2D eigenvalue weighted by molar-refractivity contribution is 7.99. The topological polar surface area (TPSA) is 132 Å². The lowest BCUT2D eigenvalue weighted by atomic mass is 9.64. The highest BCUT2D eigenvalue weighted by Gasteiger charge is 2.37. The number of nitrogens with zero attached hydrogens (tertiary/aromatic N) is 1. The van der Waals surface area contributed by atoms with Gasteiger partial charge in [-0.25, -0.2) is 4.99 Å². The number of fused-ring (bicyclic) bond motifs is 2. The van der Waals surface area contributed by atoms with E-state index >= 15 is 0 Å². The van der Waals surface area contributed by atoms with Crippen molar-refractivity contribution in [3.63, 3.8) is 0 Å². The van der Waals surface area contributed by atoms with Crippen molar-refractivity contribution < 1.29 is 28.9 Å². The first-order valence-corrected chi connectivity index (χ1v) is 18.9. The fourth-order valence-electron chi connectivity index (χ4n) is 7.47. The van der Waals surface area contributed by atoms with E-state index in [2.05, 4.69) is 25.2 Å². The van der Waals surface area contributed by atoms with Gasteiger partial charge in [0.05, 0.1) is 36.9 Å². The first-order chi connectivity index (χ1) is 23.8. The number of nitrogens with two attached hydrogens (primary N) is 1. The van der Waals surface area contributed by atoms with Crippen LogP contribution in [0.1, 0.15) is 96.6 Å². The van der Waals surface area contributed by atoms with Gasteiger partial charge in [-0.2, -0.15) is 0 Å². The van der Waals surface area contributed by atoms with Gasteiger partial charge >= 0.3 is 5.97 Å². The second-order valence-electron chi connectivity index (χ2n) is 15.1. The molecule has 9 nitrogen and oxygen atoms in total. The number of allylic oxidation sites excluding steroid dienone is 1. The Bertz CT molecular complexity index is 1500. The number of benzene rings is 2. The molecule has 4 N–H and O–H groups in total. The molecule has 10 heteroatoms. The monoisotopic (exact) mass is 707 g/mol. The van der Waals surface area contributed by atoms with E-state index in [1.54, 1.807) is 32.1 Å². The zero-order valence-electron chi connectivity index (χ0n) is 30.9. The third kappa shape index (κ3) is 11.3. The normalized spacial score (nSPS) is 21.1. The lowest BCUT2D eigenvalue weighted by molar-refractivity contribution is -0.156. The summed E-state index contributed by atoms with van der Waals surface area (Å²) in [5, 5.41) is 12.3. The maximum atomic E-state index is 13.5. The van der Waals surface area contributed by atoms with Gasteiger partial charge in [-0.05, 0) is 131 Å². The third-order valence-electron chi connectivity index (χ3n) is 9.43. The molecule has 2 unspecified atom stereocenters. The predicted molar refractivity (Wildman–Crippen MR) is 201 cm³/mol. The van der Waals surface area contributed by atoms with Crippen molar-refractivity contribution in [2.45, 2.75) is 96.0 Å². The van der Waals surface area contributed by atoms with Crippen LogP contribution >= 0.6 is 11.8 Å². The van der Waals surface area contributed by atoms with Crippen LogP contribution in [-0.4, -0.2) is 61.4 Å². The number of esters is 1. The van der Waals surface area contributed by atoms with Gasteiger partial charge in [0.2, 0.25) is 0 Å². The molecule has 2 bridgehead atoms. The first-order valence-electron chi connectivity index (χ1n) is 17.9. The molecule has 1 amide bonds. The molecular weight excluding hydrogens is 651 g/mol. The number of carbonyl (C=O) groups excluding carboxylic acids is 2. The van der Waals surface area contributed by atoms with Crippen LogP contribution in [0.25, 0.3) is 0 Å². The summed E-state index contributed by atoms with van der Waals surface area (Å²) in [4.78, 5) is 32.2. The quantitative estimate of drug-likeness (QED) is 0.0568. The summed E-state index contributed by atoms with van der Waals surface area (Å²) in [6.45, 7) is 10.7. The summed E-state index contributed by atoms with van der Waals surface area (Å²) in [6, 6.07) is 11.7. The molecule has 2 aliphatic carbocycles. The van der Waals surface area contributed by atoms with Crippen molar-refractivity contribution in [2.24, 2.45) is 34.4 Å². The number of methoxy groups -OCH3 is 2. The number of thioether (sulfide) groups is 1. The van der Waals surface area contributed by atoms with Crippen LogP contribution in [0.5, 0.6) is 11.5 Å². The summed E-state index contributed by atoms with van der Waals surface area (Å²) in [5.74, 6) is 3.49. The zero-order valence-corrected chi connectivity index (χ0v) is 31.7. The van der Waals surface area contributed by atoms with Crippen LogP contribution in [-0.2, 0) is 14.3 Å². The summed E-state index contributed by atoms with van der Waals surface area (Å²) in [6.07, 6.45) is 8.14. The van der Waals surface area contributed by atoms with Gasteiger partial charge in [0, 0.05) is 30.2 Å². The van der Waals surface area contributed by atoms with Crippen molar-refractivity contribution in [1.82, 2.24) is 5.32 Å². The molecule has 2 aliphatic rings. The van der Waals surface area contributed by atoms with Crippen LogP contribution in [0.15, 0.2) is 58.1 Å².